The average molecular weight is 220 g/mol. The molecule has 0 aromatic heterocycles. The van der Waals surface area contributed by atoms with Crippen LogP contribution in [0.4, 0.5) is 13.2 Å². The van der Waals surface area contributed by atoms with Gasteiger partial charge in [0.15, 0.2) is 11.5 Å². The number of alkyl halides is 2. The Kier molecular flexibility index (Phi) is 2.04. The van der Waals surface area contributed by atoms with Gasteiger partial charge in [0.05, 0.1) is 6.10 Å². The van der Waals surface area contributed by atoms with E-state index in [1.54, 1.807) is 0 Å². The Morgan fingerprint density at radius 2 is 1.80 bits per heavy atom. The van der Waals surface area contributed by atoms with Crippen molar-refractivity contribution in [2.24, 2.45) is 0 Å². The molecule has 1 N–H and O–H groups in total. The highest BCUT2D eigenvalue weighted by Gasteiger charge is 2.44. The largest absolute Gasteiger partial charge is 0.586 e. The van der Waals surface area contributed by atoms with Gasteiger partial charge in [-0.05, 0) is 13.0 Å². The second kappa shape index (κ2) is 3.03. The van der Waals surface area contributed by atoms with Crippen molar-refractivity contribution in [3.63, 3.8) is 0 Å². The molecule has 0 fully saturated rings. The smallest absolute Gasteiger partial charge is 0.395 e. The number of ether oxygens (including phenoxy) is 2. The average Bonchev–Trinajstić information content (AvgIpc) is 2.36. The number of aliphatic hydroxyl groups is 1. The monoisotopic (exact) mass is 220 g/mol. The van der Waals surface area contributed by atoms with Gasteiger partial charge in [-0.1, -0.05) is 0 Å². The van der Waals surface area contributed by atoms with Crippen LogP contribution in [0.5, 0.6) is 11.5 Å². The van der Waals surface area contributed by atoms with E-state index in [1.807, 2.05) is 0 Å². The van der Waals surface area contributed by atoms with Crippen molar-refractivity contribution < 1.29 is 27.8 Å². The second-order valence-corrected chi connectivity index (χ2v) is 3.16. The first-order valence-electron chi connectivity index (χ1n) is 4.16. The van der Waals surface area contributed by atoms with Gasteiger partial charge in [0.25, 0.3) is 0 Å². The Labute approximate surface area is 83.0 Å². The van der Waals surface area contributed by atoms with Crippen molar-refractivity contribution in [1.82, 2.24) is 0 Å². The molecule has 1 aromatic carbocycles. The summed E-state index contributed by atoms with van der Waals surface area (Å²) in [7, 11) is 0. The van der Waals surface area contributed by atoms with Crippen LogP contribution in [0.1, 0.15) is 18.6 Å². The van der Waals surface area contributed by atoms with Crippen molar-refractivity contribution in [3.05, 3.63) is 23.5 Å². The van der Waals surface area contributed by atoms with Gasteiger partial charge in [-0.2, -0.15) is 0 Å². The number of rotatable bonds is 1. The van der Waals surface area contributed by atoms with Crippen LogP contribution >= 0.6 is 0 Å². The van der Waals surface area contributed by atoms with E-state index < -0.39 is 18.2 Å². The summed E-state index contributed by atoms with van der Waals surface area (Å²) in [5, 5.41) is 9.14. The highest BCUT2D eigenvalue weighted by molar-refractivity contribution is 5.46. The minimum absolute atomic E-state index is 0.116. The summed E-state index contributed by atoms with van der Waals surface area (Å²) < 4.78 is 46.5. The molecular weight excluding hydrogens is 213 g/mol. The van der Waals surface area contributed by atoms with Gasteiger partial charge in [0.2, 0.25) is 0 Å². The first-order valence-corrected chi connectivity index (χ1v) is 4.16. The van der Waals surface area contributed by atoms with Crippen LogP contribution in [0.25, 0.3) is 0 Å². The number of halogens is 3. The van der Waals surface area contributed by atoms with Crippen LogP contribution in [0.3, 0.4) is 0 Å². The van der Waals surface area contributed by atoms with E-state index in [0.717, 1.165) is 12.1 Å². The quantitative estimate of drug-likeness (QED) is 0.788. The van der Waals surface area contributed by atoms with Crippen LogP contribution in [-0.2, 0) is 0 Å². The fraction of sp³-hybridized carbons (Fsp3) is 0.333. The topological polar surface area (TPSA) is 38.7 Å². The third-order valence-electron chi connectivity index (χ3n) is 1.97. The highest BCUT2D eigenvalue weighted by atomic mass is 19.3. The second-order valence-electron chi connectivity index (χ2n) is 3.16. The van der Waals surface area contributed by atoms with Crippen molar-refractivity contribution in [2.45, 2.75) is 19.3 Å². The maximum Gasteiger partial charge on any atom is 0.586 e. The zero-order chi connectivity index (χ0) is 11.2. The maximum absolute atomic E-state index is 13.2. The molecule has 0 radical (unpaired) electrons. The first kappa shape index (κ1) is 10.1. The van der Waals surface area contributed by atoms with Crippen LogP contribution in [0, 0.1) is 5.82 Å². The summed E-state index contributed by atoms with van der Waals surface area (Å²) in [4.78, 5) is 0. The Balaban J connectivity index is 2.45. The lowest BCUT2D eigenvalue weighted by Crippen LogP contribution is -2.25. The molecule has 0 amide bonds. The van der Waals surface area contributed by atoms with Gasteiger partial charge in [-0.25, -0.2) is 4.39 Å². The summed E-state index contributed by atoms with van der Waals surface area (Å²) >= 11 is 0. The molecule has 0 bridgehead atoms. The van der Waals surface area contributed by atoms with E-state index in [9.17, 15) is 13.2 Å². The number of benzene rings is 1. The van der Waals surface area contributed by atoms with Crippen molar-refractivity contribution in [2.75, 3.05) is 0 Å². The number of hydrogen-bond acceptors (Lipinski definition) is 3. The third kappa shape index (κ3) is 1.72. The van der Waals surface area contributed by atoms with E-state index in [-0.39, 0.29) is 17.1 Å². The molecule has 6 heteroatoms. The Morgan fingerprint density at radius 1 is 1.27 bits per heavy atom. The fourth-order valence-corrected chi connectivity index (χ4v) is 1.31. The predicted octanol–water partition coefficient (Wildman–Crippen LogP) is 2.20. The first-order chi connectivity index (χ1) is 6.89. The van der Waals surface area contributed by atoms with E-state index in [1.165, 1.54) is 6.92 Å². The molecular formula is C9H7F3O3. The molecule has 1 aromatic rings. The molecule has 3 nitrogen and oxygen atoms in total. The molecule has 82 valence electrons. The minimum atomic E-state index is -3.77. The molecule has 0 aliphatic carbocycles. The molecule has 0 unspecified atom stereocenters. The van der Waals surface area contributed by atoms with Gasteiger partial charge < -0.3 is 14.6 Å². The van der Waals surface area contributed by atoms with E-state index in [0.29, 0.717) is 0 Å². The molecule has 0 saturated heterocycles. The lowest BCUT2D eigenvalue weighted by Gasteiger charge is -2.06. The molecule has 1 aliphatic heterocycles. The Morgan fingerprint density at radius 3 is 2.33 bits per heavy atom. The summed E-state index contributed by atoms with van der Waals surface area (Å²) in [5.41, 5.74) is -0.116. The van der Waals surface area contributed by atoms with E-state index in [4.69, 9.17) is 5.11 Å². The van der Waals surface area contributed by atoms with Crippen LogP contribution < -0.4 is 9.47 Å². The predicted molar refractivity (Wildman–Crippen MR) is 43.2 cm³/mol. The Bertz CT molecular complexity index is 404. The van der Waals surface area contributed by atoms with Crippen LogP contribution in [0.15, 0.2) is 12.1 Å². The van der Waals surface area contributed by atoms with Gasteiger partial charge in [0.1, 0.15) is 5.82 Å². The van der Waals surface area contributed by atoms with Gasteiger partial charge >= 0.3 is 6.29 Å². The van der Waals surface area contributed by atoms with Crippen LogP contribution in [0.2, 0.25) is 0 Å². The number of fused-ring (bicyclic) bond motifs is 1. The summed E-state index contributed by atoms with van der Waals surface area (Å²) in [6, 6.07) is 1.76. The van der Waals surface area contributed by atoms with E-state index in [2.05, 4.69) is 9.47 Å². The lowest BCUT2D eigenvalue weighted by molar-refractivity contribution is -0.286. The zero-order valence-corrected chi connectivity index (χ0v) is 7.63. The highest BCUT2D eigenvalue weighted by Crippen LogP contribution is 2.42. The molecule has 2 rings (SSSR count). The molecule has 1 heterocycles. The summed E-state index contributed by atoms with van der Waals surface area (Å²) in [5.74, 6) is -1.47. The molecule has 1 aliphatic rings. The maximum atomic E-state index is 13.2. The summed E-state index contributed by atoms with van der Waals surface area (Å²) in [6.07, 6.45) is -4.88. The van der Waals surface area contributed by atoms with Crippen molar-refractivity contribution in [3.8, 4) is 11.5 Å². The SMILES string of the molecule is C[C@H](O)c1cc2c(cc1F)OC(F)(F)O2. The fourth-order valence-electron chi connectivity index (χ4n) is 1.31. The van der Waals surface area contributed by atoms with Crippen molar-refractivity contribution in [1.29, 1.82) is 0 Å². The standard InChI is InChI=1S/C9H7F3O3/c1-4(13)5-2-7-8(3-6(5)10)15-9(11,12)14-7/h2-4,13H,1H3/t4-/m0/s1. The number of hydrogen-bond donors (Lipinski definition) is 1. The minimum Gasteiger partial charge on any atom is -0.395 e. The van der Waals surface area contributed by atoms with Crippen LogP contribution in [-0.4, -0.2) is 11.4 Å². The van der Waals surface area contributed by atoms with Gasteiger partial charge in [0, 0.05) is 11.6 Å². The molecule has 0 saturated carbocycles. The molecule has 15 heavy (non-hydrogen) atoms. The molecule has 0 spiro atoms. The Hall–Kier alpha value is -1.43. The van der Waals surface area contributed by atoms with Crippen molar-refractivity contribution >= 4 is 0 Å². The normalized spacial score (nSPS) is 19.0. The zero-order valence-electron chi connectivity index (χ0n) is 7.63. The van der Waals surface area contributed by atoms with Gasteiger partial charge in [-0.15, -0.1) is 8.78 Å². The summed E-state index contributed by atoms with van der Waals surface area (Å²) in [6.45, 7) is 1.32. The number of aliphatic hydroxyl groups excluding tert-OH is 1. The van der Waals surface area contributed by atoms with E-state index >= 15 is 0 Å². The molecule has 1 atom stereocenters. The lowest BCUT2D eigenvalue weighted by atomic mass is 10.1. The van der Waals surface area contributed by atoms with Gasteiger partial charge in [-0.3, -0.25) is 0 Å². The third-order valence-corrected chi connectivity index (χ3v) is 1.97.